The van der Waals surface area contributed by atoms with Crippen molar-refractivity contribution in [1.82, 2.24) is 0 Å². The van der Waals surface area contributed by atoms with Crippen LogP contribution < -0.4 is 10.5 Å². The minimum absolute atomic E-state index is 0.200. The minimum atomic E-state index is -1.04. The smallest absolute Gasteiger partial charge is 0.320 e. The Labute approximate surface area is 112 Å². The van der Waals surface area contributed by atoms with Gasteiger partial charge >= 0.3 is 5.97 Å². The molecule has 0 aliphatic heterocycles. The minimum Gasteiger partial charge on any atom is -0.496 e. The molecule has 0 aliphatic carbocycles. The number of aliphatic carboxylic acids is 1. The molecule has 3 N–H and O–H groups in total. The van der Waals surface area contributed by atoms with Gasteiger partial charge in [-0.25, -0.2) is 0 Å². The summed E-state index contributed by atoms with van der Waals surface area (Å²) in [5, 5.41) is 9.53. The molecule has 0 saturated carbocycles. The summed E-state index contributed by atoms with van der Waals surface area (Å²) in [6.07, 6.45) is 0.200. The highest BCUT2D eigenvalue weighted by Gasteiger charge is 2.21. The van der Waals surface area contributed by atoms with E-state index in [-0.39, 0.29) is 6.42 Å². The summed E-state index contributed by atoms with van der Waals surface area (Å²) in [7, 11) is 1.56. The molecule has 5 heteroatoms. The lowest BCUT2D eigenvalue weighted by molar-refractivity contribution is -0.138. The molecular formula is C13H18ClNO3. The number of benzene rings is 1. The Morgan fingerprint density at radius 1 is 1.33 bits per heavy atom. The zero-order valence-corrected chi connectivity index (χ0v) is 11.8. The van der Waals surface area contributed by atoms with Crippen molar-refractivity contribution < 1.29 is 14.6 Å². The molecule has 0 bridgehead atoms. The standard InChI is InChI=1S/C13H18ClNO3/c1-6-7(2)12(18-4)9(8(3)11(6)14)5-10(15)13(16)17/h10H,5,15H2,1-4H3,(H,16,17). The number of carboxylic acid groups (broad SMARTS) is 1. The maximum atomic E-state index is 10.9. The molecule has 0 heterocycles. The van der Waals surface area contributed by atoms with Crippen molar-refractivity contribution >= 4 is 17.6 Å². The van der Waals surface area contributed by atoms with Crippen LogP contribution in [0.3, 0.4) is 0 Å². The van der Waals surface area contributed by atoms with E-state index >= 15 is 0 Å². The Hall–Kier alpha value is -1.26. The quantitative estimate of drug-likeness (QED) is 0.881. The predicted molar refractivity (Wildman–Crippen MR) is 71.5 cm³/mol. The first-order valence-corrected chi connectivity index (χ1v) is 5.99. The topological polar surface area (TPSA) is 72.5 Å². The van der Waals surface area contributed by atoms with Crippen LogP contribution in [-0.4, -0.2) is 24.2 Å². The van der Waals surface area contributed by atoms with E-state index in [1.165, 1.54) is 0 Å². The molecule has 0 aromatic heterocycles. The van der Waals surface area contributed by atoms with Crippen LogP contribution in [0.1, 0.15) is 22.3 Å². The number of carboxylic acids is 1. The van der Waals surface area contributed by atoms with Crippen molar-refractivity contribution in [3.8, 4) is 5.75 Å². The molecule has 1 unspecified atom stereocenters. The third-order valence-corrected chi connectivity index (χ3v) is 3.80. The summed E-state index contributed by atoms with van der Waals surface area (Å²) in [6.45, 7) is 5.66. The number of hydrogen-bond acceptors (Lipinski definition) is 3. The maximum absolute atomic E-state index is 10.9. The van der Waals surface area contributed by atoms with Gasteiger partial charge in [-0.3, -0.25) is 4.79 Å². The fourth-order valence-corrected chi connectivity index (χ4v) is 2.23. The molecule has 1 atom stereocenters. The summed E-state index contributed by atoms with van der Waals surface area (Å²) >= 11 is 6.24. The Morgan fingerprint density at radius 2 is 1.89 bits per heavy atom. The van der Waals surface area contributed by atoms with E-state index in [0.29, 0.717) is 10.8 Å². The molecule has 1 rings (SSSR count). The summed E-state index contributed by atoms with van der Waals surface area (Å²) < 4.78 is 5.37. The van der Waals surface area contributed by atoms with Gasteiger partial charge in [0.05, 0.1) is 7.11 Å². The Balaban J connectivity index is 3.38. The third kappa shape index (κ3) is 2.60. The lowest BCUT2D eigenvalue weighted by atomic mass is 9.94. The number of hydrogen-bond donors (Lipinski definition) is 2. The second-order valence-corrected chi connectivity index (χ2v) is 4.73. The number of carbonyl (C=O) groups is 1. The third-order valence-electron chi connectivity index (χ3n) is 3.23. The molecule has 0 saturated heterocycles. The lowest BCUT2D eigenvalue weighted by Gasteiger charge is -2.19. The molecule has 18 heavy (non-hydrogen) atoms. The number of rotatable bonds is 4. The summed E-state index contributed by atoms with van der Waals surface area (Å²) in [6, 6.07) is -0.962. The Morgan fingerprint density at radius 3 is 2.33 bits per heavy atom. The Bertz CT molecular complexity index is 486. The van der Waals surface area contributed by atoms with Crippen LogP contribution in [0, 0.1) is 20.8 Å². The zero-order valence-electron chi connectivity index (χ0n) is 11.0. The van der Waals surface area contributed by atoms with Crippen molar-refractivity contribution in [2.24, 2.45) is 5.73 Å². The van der Waals surface area contributed by atoms with Gasteiger partial charge in [-0.2, -0.15) is 0 Å². The van der Waals surface area contributed by atoms with E-state index in [9.17, 15) is 4.79 Å². The summed E-state index contributed by atoms with van der Waals surface area (Å²) in [5.41, 5.74) is 9.03. The monoisotopic (exact) mass is 271 g/mol. The van der Waals surface area contributed by atoms with E-state index in [2.05, 4.69) is 0 Å². The molecule has 100 valence electrons. The van der Waals surface area contributed by atoms with Crippen LogP contribution >= 0.6 is 11.6 Å². The van der Waals surface area contributed by atoms with E-state index < -0.39 is 12.0 Å². The van der Waals surface area contributed by atoms with Crippen molar-refractivity contribution in [3.05, 3.63) is 27.3 Å². The molecule has 0 spiro atoms. The van der Waals surface area contributed by atoms with Crippen molar-refractivity contribution in [1.29, 1.82) is 0 Å². The van der Waals surface area contributed by atoms with Gasteiger partial charge in [-0.1, -0.05) is 11.6 Å². The van der Waals surface area contributed by atoms with Crippen molar-refractivity contribution in [2.75, 3.05) is 7.11 Å². The molecule has 0 radical (unpaired) electrons. The SMILES string of the molecule is COc1c(C)c(C)c(Cl)c(C)c1CC(N)C(=O)O. The van der Waals surface area contributed by atoms with Crippen molar-refractivity contribution in [2.45, 2.75) is 33.2 Å². The molecule has 1 aromatic carbocycles. The van der Waals surface area contributed by atoms with Gasteiger partial charge in [0.1, 0.15) is 11.8 Å². The number of methoxy groups -OCH3 is 1. The van der Waals surface area contributed by atoms with Crippen LogP contribution in [0.2, 0.25) is 5.02 Å². The normalized spacial score (nSPS) is 12.3. The lowest BCUT2D eigenvalue weighted by Crippen LogP contribution is -2.32. The fraction of sp³-hybridized carbons (Fsp3) is 0.462. The van der Waals surface area contributed by atoms with Gasteiger partial charge in [0.25, 0.3) is 0 Å². The van der Waals surface area contributed by atoms with Gasteiger partial charge < -0.3 is 15.6 Å². The van der Waals surface area contributed by atoms with E-state index in [0.717, 1.165) is 22.3 Å². The largest absolute Gasteiger partial charge is 0.496 e. The molecule has 1 aromatic rings. The second-order valence-electron chi connectivity index (χ2n) is 4.35. The average Bonchev–Trinajstić information content (AvgIpc) is 2.33. The van der Waals surface area contributed by atoms with Crippen LogP contribution in [0.4, 0.5) is 0 Å². The van der Waals surface area contributed by atoms with Gasteiger partial charge in [0, 0.05) is 17.0 Å². The second kappa shape index (κ2) is 5.59. The number of ether oxygens (including phenoxy) is 1. The number of halogens is 1. The Kier molecular flexibility index (Phi) is 4.59. The van der Waals surface area contributed by atoms with Crippen LogP contribution in [0.25, 0.3) is 0 Å². The fourth-order valence-electron chi connectivity index (χ4n) is 1.97. The van der Waals surface area contributed by atoms with E-state index in [1.54, 1.807) is 7.11 Å². The van der Waals surface area contributed by atoms with Gasteiger partial charge in [0.15, 0.2) is 0 Å². The maximum Gasteiger partial charge on any atom is 0.320 e. The van der Waals surface area contributed by atoms with Gasteiger partial charge in [-0.15, -0.1) is 0 Å². The first-order valence-electron chi connectivity index (χ1n) is 5.61. The highest BCUT2D eigenvalue weighted by atomic mass is 35.5. The average molecular weight is 272 g/mol. The van der Waals surface area contributed by atoms with Gasteiger partial charge in [0.2, 0.25) is 0 Å². The molecule has 0 fully saturated rings. The first kappa shape index (κ1) is 14.8. The highest BCUT2D eigenvalue weighted by molar-refractivity contribution is 6.32. The van der Waals surface area contributed by atoms with Gasteiger partial charge in [-0.05, 0) is 37.5 Å². The molecule has 0 aliphatic rings. The van der Waals surface area contributed by atoms with E-state index in [4.69, 9.17) is 27.2 Å². The molecule has 0 amide bonds. The van der Waals surface area contributed by atoms with Crippen LogP contribution in [-0.2, 0) is 11.2 Å². The predicted octanol–water partition coefficient (Wildman–Crippen LogP) is 2.23. The first-order chi connectivity index (χ1) is 8.31. The summed E-state index contributed by atoms with van der Waals surface area (Å²) in [5.74, 6) is -0.364. The zero-order chi connectivity index (χ0) is 14.0. The van der Waals surface area contributed by atoms with E-state index in [1.807, 2.05) is 20.8 Å². The highest BCUT2D eigenvalue weighted by Crippen LogP contribution is 2.36. The number of nitrogens with two attached hydrogens (primary N) is 1. The van der Waals surface area contributed by atoms with Crippen molar-refractivity contribution in [3.63, 3.8) is 0 Å². The summed E-state index contributed by atoms with van der Waals surface area (Å²) in [4.78, 5) is 10.9. The van der Waals surface area contributed by atoms with Crippen LogP contribution in [0.5, 0.6) is 5.75 Å². The molecule has 4 nitrogen and oxygen atoms in total. The van der Waals surface area contributed by atoms with Crippen LogP contribution in [0.15, 0.2) is 0 Å². The molecular weight excluding hydrogens is 254 g/mol.